The van der Waals surface area contributed by atoms with Gasteiger partial charge in [0.2, 0.25) is 0 Å². The molecule has 96 valence electrons. The minimum Gasteiger partial charge on any atom is -0.469 e. The number of rotatable bonds is 2. The van der Waals surface area contributed by atoms with Crippen LogP contribution in [0, 0.1) is 11.8 Å². The molecule has 0 aromatic rings. The van der Waals surface area contributed by atoms with E-state index in [0.717, 1.165) is 0 Å². The Balaban J connectivity index is 2.17. The molecule has 2 rings (SSSR count). The largest absolute Gasteiger partial charge is 0.469 e. The first kappa shape index (κ1) is 12.3. The average molecular weight is 244 g/mol. The Morgan fingerprint density at radius 2 is 1.41 bits per heavy atom. The quantitative estimate of drug-likeness (QED) is 0.642. The molecule has 17 heavy (non-hydrogen) atoms. The van der Waals surface area contributed by atoms with Gasteiger partial charge in [-0.3, -0.25) is 9.59 Å². The topological polar surface area (TPSA) is 71.1 Å². The number of carbonyl (C=O) groups is 2. The molecule has 1 spiro atoms. The third kappa shape index (κ3) is 2.14. The van der Waals surface area contributed by atoms with Gasteiger partial charge in [-0.25, -0.2) is 0 Å². The van der Waals surface area contributed by atoms with Crippen molar-refractivity contribution in [3.63, 3.8) is 0 Å². The highest BCUT2D eigenvalue weighted by Gasteiger charge is 2.55. The van der Waals surface area contributed by atoms with Gasteiger partial charge in [-0.2, -0.15) is 0 Å². The fraction of sp³-hybridized carbons (Fsp3) is 0.818. The maximum absolute atomic E-state index is 11.6. The van der Waals surface area contributed by atoms with Crippen LogP contribution in [0.15, 0.2) is 0 Å². The van der Waals surface area contributed by atoms with Crippen molar-refractivity contribution in [2.24, 2.45) is 11.8 Å². The molecule has 2 atom stereocenters. The lowest BCUT2D eigenvalue weighted by Crippen LogP contribution is -2.27. The van der Waals surface area contributed by atoms with E-state index in [0.29, 0.717) is 26.1 Å². The monoisotopic (exact) mass is 244 g/mol. The number of carbonyl (C=O) groups excluding carboxylic acids is 2. The molecule has 0 radical (unpaired) electrons. The van der Waals surface area contributed by atoms with E-state index in [2.05, 4.69) is 0 Å². The molecule has 0 unspecified atom stereocenters. The van der Waals surface area contributed by atoms with Crippen LogP contribution in [0.25, 0.3) is 0 Å². The Bertz CT molecular complexity index is 294. The molecule has 2 aliphatic rings. The van der Waals surface area contributed by atoms with Gasteiger partial charge in [-0.1, -0.05) is 0 Å². The van der Waals surface area contributed by atoms with E-state index < -0.39 is 29.6 Å². The van der Waals surface area contributed by atoms with Crippen molar-refractivity contribution in [1.82, 2.24) is 0 Å². The van der Waals surface area contributed by atoms with Gasteiger partial charge in [0.1, 0.15) is 0 Å². The van der Waals surface area contributed by atoms with Crippen molar-refractivity contribution >= 4 is 11.9 Å². The van der Waals surface area contributed by atoms with Gasteiger partial charge in [-0.15, -0.1) is 0 Å². The lowest BCUT2D eigenvalue weighted by atomic mass is 9.96. The van der Waals surface area contributed by atoms with Gasteiger partial charge in [0, 0.05) is 12.8 Å². The highest BCUT2D eigenvalue weighted by Crippen LogP contribution is 2.45. The van der Waals surface area contributed by atoms with E-state index in [-0.39, 0.29) is 0 Å². The average Bonchev–Trinajstić information content (AvgIpc) is 2.95. The summed E-state index contributed by atoms with van der Waals surface area (Å²) in [5.74, 6) is -2.75. The first-order chi connectivity index (χ1) is 8.12. The number of hydrogen-bond donors (Lipinski definition) is 0. The smallest absolute Gasteiger partial charge is 0.309 e. The molecule has 1 heterocycles. The van der Waals surface area contributed by atoms with Crippen LogP contribution in [0.3, 0.4) is 0 Å². The lowest BCUT2D eigenvalue weighted by Gasteiger charge is -2.20. The molecule has 1 aliphatic carbocycles. The zero-order valence-electron chi connectivity index (χ0n) is 9.93. The van der Waals surface area contributed by atoms with Crippen LogP contribution in [0.2, 0.25) is 0 Å². The van der Waals surface area contributed by atoms with Crippen molar-refractivity contribution < 1.29 is 28.5 Å². The predicted molar refractivity (Wildman–Crippen MR) is 54.9 cm³/mol. The Labute approximate surface area is 99.2 Å². The molecule has 6 nitrogen and oxygen atoms in total. The third-order valence-corrected chi connectivity index (χ3v) is 3.37. The highest BCUT2D eigenvalue weighted by atomic mass is 16.7. The van der Waals surface area contributed by atoms with E-state index in [9.17, 15) is 9.59 Å². The zero-order valence-corrected chi connectivity index (χ0v) is 9.93. The van der Waals surface area contributed by atoms with Gasteiger partial charge >= 0.3 is 11.9 Å². The van der Waals surface area contributed by atoms with Crippen LogP contribution in [-0.4, -0.2) is 45.2 Å². The Kier molecular flexibility index (Phi) is 3.35. The summed E-state index contributed by atoms with van der Waals surface area (Å²) in [7, 11) is 2.61. The summed E-state index contributed by atoms with van der Waals surface area (Å²) in [5, 5.41) is 0. The number of ether oxygens (including phenoxy) is 4. The fourth-order valence-corrected chi connectivity index (χ4v) is 2.57. The Morgan fingerprint density at radius 3 is 1.76 bits per heavy atom. The van der Waals surface area contributed by atoms with Crippen molar-refractivity contribution in [3.05, 3.63) is 0 Å². The second-order valence-corrected chi connectivity index (χ2v) is 4.28. The molecule has 0 N–H and O–H groups in total. The number of esters is 2. The molecule has 1 saturated heterocycles. The van der Waals surface area contributed by atoms with E-state index in [1.54, 1.807) is 0 Å². The first-order valence-corrected chi connectivity index (χ1v) is 5.55. The minimum atomic E-state index is -0.808. The molecular weight excluding hydrogens is 228 g/mol. The first-order valence-electron chi connectivity index (χ1n) is 5.55. The van der Waals surface area contributed by atoms with E-state index in [4.69, 9.17) is 18.9 Å². The Hall–Kier alpha value is -1.14. The molecule has 0 aromatic carbocycles. The van der Waals surface area contributed by atoms with Crippen LogP contribution in [0.5, 0.6) is 0 Å². The summed E-state index contributed by atoms with van der Waals surface area (Å²) in [6.07, 6.45) is 0.693. The Morgan fingerprint density at radius 1 is 1.00 bits per heavy atom. The third-order valence-electron chi connectivity index (χ3n) is 3.37. The zero-order chi connectivity index (χ0) is 12.5. The lowest BCUT2D eigenvalue weighted by molar-refractivity contribution is -0.162. The van der Waals surface area contributed by atoms with Crippen molar-refractivity contribution in [3.8, 4) is 0 Å². The van der Waals surface area contributed by atoms with Crippen molar-refractivity contribution in [1.29, 1.82) is 0 Å². The second-order valence-electron chi connectivity index (χ2n) is 4.28. The molecule has 1 saturated carbocycles. The van der Waals surface area contributed by atoms with Crippen LogP contribution in [0.4, 0.5) is 0 Å². The summed E-state index contributed by atoms with van der Waals surface area (Å²) < 4.78 is 20.4. The molecule has 1 aliphatic heterocycles. The van der Waals surface area contributed by atoms with Gasteiger partial charge in [0.15, 0.2) is 5.79 Å². The molecule has 0 amide bonds. The van der Waals surface area contributed by atoms with Gasteiger partial charge in [0.25, 0.3) is 0 Å². The van der Waals surface area contributed by atoms with E-state index >= 15 is 0 Å². The van der Waals surface area contributed by atoms with E-state index in [1.165, 1.54) is 14.2 Å². The summed E-state index contributed by atoms with van der Waals surface area (Å²) >= 11 is 0. The summed E-state index contributed by atoms with van der Waals surface area (Å²) in [6, 6.07) is 0. The fourth-order valence-electron chi connectivity index (χ4n) is 2.57. The number of methoxy groups -OCH3 is 2. The molecule has 2 fully saturated rings. The van der Waals surface area contributed by atoms with E-state index in [1.807, 2.05) is 0 Å². The standard InChI is InChI=1S/C11H16O6/c1-14-9(12)7-5-11(16-3-4-17-11)6-8(7)10(13)15-2/h7-8H,3-6H2,1-2H3/t7-,8-/m0/s1. The molecule has 6 heteroatoms. The molecule has 0 aromatic heterocycles. The van der Waals surface area contributed by atoms with Crippen LogP contribution in [0.1, 0.15) is 12.8 Å². The van der Waals surface area contributed by atoms with Gasteiger partial charge in [0.05, 0.1) is 39.3 Å². The summed E-state index contributed by atoms with van der Waals surface area (Å²) in [4.78, 5) is 23.3. The van der Waals surface area contributed by atoms with Gasteiger partial charge in [-0.05, 0) is 0 Å². The van der Waals surface area contributed by atoms with Gasteiger partial charge < -0.3 is 18.9 Å². The molecule has 0 bridgehead atoms. The van der Waals surface area contributed by atoms with Crippen molar-refractivity contribution in [2.75, 3.05) is 27.4 Å². The minimum absolute atomic E-state index is 0.347. The van der Waals surface area contributed by atoms with Crippen LogP contribution >= 0.6 is 0 Å². The van der Waals surface area contributed by atoms with Crippen LogP contribution < -0.4 is 0 Å². The maximum atomic E-state index is 11.6. The summed E-state index contributed by atoms with van der Waals surface area (Å²) in [5.41, 5.74) is 0. The second kappa shape index (κ2) is 4.62. The van der Waals surface area contributed by atoms with Crippen LogP contribution in [-0.2, 0) is 28.5 Å². The molecular formula is C11H16O6. The predicted octanol–water partition coefficient (Wildman–Crippen LogP) is 0.102. The van der Waals surface area contributed by atoms with Crippen molar-refractivity contribution in [2.45, 2.75) is 18.6 Å². The normalized spacial score (nSPS) is 30.5. The summed E-state index contributed by atoms with van der Waals surface area (Å²) in [6.45, 7) is 0.976. The maximum Gasteiger partial charge on any atom is 0.309 e. The highest BCUT2D eigenvalue weighted by molar-refractivity contribution is 5.83. The SMILES string of the molecule is COC(=O)[C@H]1CC2(C[C@@H]1C(=O)OC)OCCO2. The number of hydrogen-bond acceptors (Lipinski definition) is 6.